The molecule has 2 rings (SSSR count). The predicted octanol–water partition coefficient (Wildman–Crippen LogP) is 4.96. The Balaban J connectivity index is 1.99. The van der Waals surface area contributed by atoms with E-state index in [4.69, 9.17) is 16.3 Å². The number of rotatable bonds is 5. The summed E-state index contributed by atoms with van der Waals surface area (Å²) in [6.45, 7) is 2.91. The summed E-state index contributed by atoms with van der Waals surface area (Å²) in [7, 11) is 1.62. The van der Waals surface area contributed by atoms with Gasteiger partial charge in [0.25, 0.3) is 0 Å². The van der Waals surface area contributed by atoms with E-state index in [-0.39, 0.29) is 6.04 Å². The molecule has 0 amide bonds. The first-order valence-corrected chi connectivity index (χ1v) is 7.58. The average molecular weight is 355 g/mol. The van der Waals surface area contributed by atoms with Crippen molar-refractivity contribution in [2.45, 2.75) is 19.5 Å². The first kappa shape index (κ1) is 15.4. The monoisotopic (exact) mass is 353 g/mol. The van der Waals surface area contributed by atoms with Gasteiger partial charge in [0.1, 0.15) is 5.75 Å². The Bertz CT molecular complexity index is 588. The Morgan fingerprint density at radius 2 is 2.05 bits per heavy atom. The minimum absolute atomic E-state index is 0.272. The molecule has 20 heavy (non-hydrogen) atoms. The van der Waals surface area contributed by atoms with Gasteiger partial charge in [-0.05, 0) is 42.3 Å². The Kier molecular flexibility index (Phi) is 5.46. The van der Waals surface area contributed by atoms with E-state index in [2.05, 4.69) is 40.3 Å². The third-order valence-electron chi connectivity index (χ3n) is 3.18. The van der Waals surface area contributed by atoms with Crippen LogP contribution in [0.5, 0.6) is 5.75 Å². The highest BCUT2D eigenvalue weighted by molar-refractivity contribution is 9.10. The lowest BCUT2D eigenvalue weighted by molar-refractivity contribution is 0.414. The molecular formula is C16H17BrClNO. The second kappa shape index (κ2) is 7.11. The largest absolute Gasteiger partial charge is 0.495 e. The molecule has 0 unspecified atom stereocenters. The highest BCUT2D eigenvalue weighted by Gasteiger charge is 2.06. The van der Waals surface area contributed by atoms with Crippen molar-refractivity contribution < 1.29 is 4.74 Å². The number of benzene rings is 2. The summed E-state index contributed by atoms with van der Waals surface area (Å²) in [5, 5.41) is 4.13. The fraction of sp³-hybridized carbons (Fsp3) is 0.250. The highest BCUT2D eigenvalue weighted by atomic mass is 79.9. The zero-order chi connectivity index (χ0) is 14.5. The van der Waals surface area contributed by atoms with E-state index in [1.807, 2.05) is 30.3 Å². The van der Waals surface area contributed by atoms with E-state index in [9.17, 15) is 0 Å². The molecule has 0 aliphatic heterocycles. The molecule has 0 saturated carbocycles. The Morgan fingerprint density at radius 1 is 1.25 bits per heavy atom. The zero-order valence-corrected chi connectivity index (χ0v) is 13.8. The molecule has 2 nitrogen and oxygen atoms in total. The molecule has 1 N–H and O–H groups in total. The van der Waals surface area contributed by atoms with Crippen LogP contribution in [0.25, 0.3) is 0 Å². The van der Waals surface area contributed by atoms with Crippen LogP contribution >= 0.6 is 27.5 Å². The van der Waals surface area contributed by atoms with E-state index in [1.54, 1.807) is 7.11 Å². The summed E-state index contributed by atoms with van der Waals surface area (Å²) in [4.78, 5) is 0. The maximum atomic E-state index is 6.12. The summed E-state index contributed by atoms with van der Waals surface area (Å²) in [5.74, 6) is 0.704. The lowest BCUT2D eigenvalue weighted by Gasteiger charge is -2.15. The zero-order valence-electron chi connectivity index (χ0n) is 11.5. The molecule has 0 saturated heterocycles. The quantitative estimate of drug-likeness (QED) is 0.819. The van der Waals surface area contributed by atoms with E-state index >= 15 is 0 Å². The van der Waals surface area contributed by atoms with Gasteiger partial charge < -0.3 is 10.1 Å². The van der Waals surface area contributed by atoms with Gasteiger partial charge in [-0.15, -0.1) is 0 Å². The lowest BCUT2D eigenvalue weighted by atomic mass is 10.1. The number of nitrogens with one attached hydrogen (secondary N) is 1. The fourth-order valence-electron chi connectivity index (χ4n) is 1.98. The second-order valence-electron chi connectivity index (χ2n) is 4.63. The molecule has 2 aromatic carbocycles. The molecule has 106 valence electrons. The summed E-state index contributed by atoms with van der Waals surface area (Å²) >= 11 is 9.62. The minimum Gasteiger partial charge on any atom is -0.495 e. The van der Waals surface area contributed by atoms with E-state index in [0.717, 1.165) is 16.6 Å². The highest BCUT2D eigenvalue weighted by Crippen LogP contribution is 2.25. The summed E-state index contributed by atoms with van der Waals surface area (Å²) in [6, 6.07) is 14.4. The first-order chi connectivity index (χ1) is 9.60. The molecule has 0 bridgehead atoms. The number of ether oxygens (including phenoxy) is 1. The van der Waals surface area contributed by atoms with Crippen molar-refractivity contribution in [1.29, 1.82) is 0 Å². The van der Waals surface area contributed by atoms with E-state index in [1.165, 1.54) is 5.56 Å². The number of halogens is 2. The molecule has 2 aromatic rings. The summed E-state index contributed by atoms with van der Waals surface area (Å²) in [5.41, 5.74) is 2.39. The smallest absolute Gasteiger partial charge is 0.137 e. The summed E-state index contributed by atoms with van der Waals surface area (Å²) < 4.78 is 6.24. The molecule has 0 aliphatic rings. The maximum absolute atomic E-state index is 6.12. The van der Waals surface area contributed by atoms with Gasteiger partial charge >= 0.3 is 0 Å². The standard InChI is InChI=1S/C16H17BrClNO/c1-11(13-4-3-5-14(17)9-13)19-10-12-6-7-16(20-2)15(18)8-12/h3-9,11,19H,10H2,1-2H3/t11-/m1/s1. The fourth-order valence-corrected chi connectivity index (χ4v) is 2.68. The molecular weight excluding hydrogens is 338 g/mol. The molecule has 0 aromatic heterocycles. The molecule has 4 heteroatoms. The van der Waals surface area contributed by atoms with Crippen molar-refractivity contribution in [1.82, 2.24) is 5.32 Å². The van der Waals surface area contributed by atoms with Gasteiger partial charge in [-0.3, -0.25) is 0 Å². The molecule has 0 aliphatic carbocycles. The van der Waals surface area contributed by atoms with Crippen molar-refractivity contribution in [3.05, 3.63) is 63.1 Å². The Morgan fingerprint density at radius 3 is 2.70 bits per heavy atom. The van der Waals surface area contributed by atoms with Crippen LogP contribution in [0.4, 0.5) is 0 Å². The molecule has 0 radical (unpaired) electrons. The third-order valence-corrected chi connectivity index (χ3v) is 3.97. The second-order valence-corrected chi connectivity index (χ2v) is 5.95. The SMILES string of the molecule is COc1ccc(CN[C@H](C)c2cccc(Br)c2)cc1Cl. The molecule has 0 heterocycles. The van der Waals surface area contributed by atoms with Crippen molar-refractivity contribution in [2.24, 2.45) is 0 Å². The van der Waals surface area contributed by atoms with E-state index < -0.39 is 0 Å². The maximum Gasteiger partial charge on any atom is 0.137 e. The normalized spacial score (nSPS) is 12.2. The molecule has 0 fully saturated rings. The van der Waals surface area contributed by atoms with Gasteiger partial charge in [-0.1, -0.05) is 45.7 Å². The topological polar surface area (TPSA) is 21.3 Å². The van der Waals surface area contributed by atoms with Crippen LogP contribution in [-0.2, 0) is 6.54 Å². The van der Waals surface area contributed by atoms with Crippen molar-refractivity contribution in [2.75, 3.05) is 7.11 Å². The van der Waals surface area contributed by atoms with Gasteiger partial charge in [-0.25, -0.2) is 0 Å². The van der Waals surface area contributed by atoms with Crippen LogP contribution in [0.1, 0.15) is 24.1 Å². The molecule has 1 atom stereocenters. The number of methoxy groups -OCH3 is 1. The summed E-state index contributed by atoms with van der Waals surface area (Å²) in [6.07, 6.45) is 0. The van der Waals surface area contributed by atoms with Crippen LogP contribution in [0, 0.1) is 0 Å². The van der Waals surface area contributed by atoms with Crippen LogP contribution in [0.3, 0.4) is 0 Å². The van der Waals surface area contributed by atoms with Gasteiger partial charge in [0.15, 0.2) is 0 Å². The van der Waals surface area contributed by atoms with Gasteiger partial charge in [-0.2, -0.15) is 0 Å². The van der Waals surface area contributed by atoms with Gasteiger partial charge in [0.2, 0.25) is 0 Å². The number of hydrogen-bond donors (Lipinski definition) is 1. The van der Waals surface area contributed by atoms with Crippen molar-refractivity contribution in [3.8, 4) is 5.75 Å². The minimum atomic E-state index is 0.272. The Labute approximate surface area is 133 Å². The average Bonchev–Trinajstić information content (AvgIpc) is 2.45. The number of hydrogen-bond acceptors (Lipinski definition) is 2. The van der Waals surface area contributed by atoms with Crippen molar-refractivity contribution in [3.63, 3.8) is 0 Å². The van der Waals surface area contributed by atoms with Crippen LogP contribution in [-0.4, -0.2) is 7.11 Å². The van der Waals surface area contributed by atoms with Crippen LogP contribution in [0.2, 0.25) is 5.02 Å². The van der Waals surface area contributed by atoms with E-state index in [0.29, 0.717) is 10.8 Å². The van der Waals surface area contributed by atoms with Gasteiger partial charge in [0, 0.05) is 17.1 Å². The van der Waals surface area contributed by atoms with Crippen molar-refractivity contribution >= 4 is 27.5 Å². The first-order valence-electron chi connectivity index (χ1n) is 6.41. The molecule has 0 spiro atoms. The third kappa shape index (κ3) is 3.98. The van der Waals surface area contributed by atoms with Gasteiger partial charge in [0.05, 0.1) is 12.1 Å². The predicted molar refractivity (Wildman–Crippen MR) is 87.4 cm³/mol. The lowest BCUT2D eigenvalue weighted by Crippen LogP contribution is -2.18. The Hall–Kier alpha value is -1.03. The van der Waals surface area contributed by atoms with Crippen LogP contribution < -0.4 is 10.1 Å². The van der Waals surface area contributed by atoms with Crippen LogP contribution in [0.15, 0.2) is 46.9 Å².